The van der Waals surface area contributed by atoms with E-state index in [1.165, 1.54) is 31.3 Å². The van der Waals surface area contributed by atoms with E-state index in [4.69, 9.17) is 9.47 Å². The van der Waals surface area contributed by atoms with Crippen LogP contribution in [0.15, 0.2) is 12.2 Å². The van der Waals surface area contributed by atoms with Crippen LogP contribution in [0.3, 0.4) is 0 Å². The van der Waals surface area contributed by atoms with Crippen molar-refractivity contribution < 1.29 is 9.47 Å². The van der Waals surface area contributed by atoms with Crippen molar-refractivity contribution >= 4 is 0 Å². The van der Waals surface area contributed by atoms with E-state index in [9.17, 15) is 0 Å². The molecule has 0 spiro atoms. The van der Waals surface area contributed by atoms with E-state index in [1.807, 2.05) is 0 Å². The van der Waals surface area contributed by atoms with Crippen molar-refractivity contribution in [1.29, 1.82) is 0 Å². The van der Waals surface area contributed by atoms with Gasteiger partial charge < -0.3 is 9.47 Å². The maximum absolute atomic E-state index is 5.83. The second kappa shape index (κ2) is 3.81. The highest BCUT2D eigenvalue weighted by Gasteiger charge is 2.34. The lowest BCUT2D eigenvalue weighted by atomic mass is 9.78. The van der Waals surface area contributed by atoms with Crippen molar-refractivity contribution in [3.63, 3.8) is 0 Å². The Hall–Kier alpha value is -0.340. The third-order valence-electron chi connectivity index (χ3n) is 3.26. The van der Waals surface area contributed by atoms with Crippen LogP contribution in [0.25, 0.3) is 0 Å². The molecule has 0 unspecified atom stereocenters. The molecule has 0 aromatic rings. The summed E-state index contributed by atoms with van der Waals surface area (Å²) in [5, 5.41) is 0. The Morgan fingerprint density at radius 1 is 1.38 bits per heavy atom. The van der Waals surface area contributed by atoms with Crippen LogP contribution >= 0.6 is 0 Å². The Morgan fingerprint density at radius 3 is 3.00 bits per heavy atom. The highest BCUT2D eigenvalue weighted by atomic mass is 16.7. The molecule has 0 N–H and O–H groups in total. The smallest absolute Gasteiger partial charge is 0.157 e. The van der Waals surface area contributed by atoms with Crippen molar-refractivity contribution in [2.75, 3.05) is 7.11 Å². The van der Waals surface area contributed by atoms with Crippen LogP contribution in [0.4, 0.5) is 0 Å². The minimum Gasteiger partial charge on any atom is -0.356 e. The molecular formula is C11H18O2. The molecule has 2 aliphatic rings. The zero-order chi connectivity index (χ0) is 9.26. The van der Waals surface area contributed by atoms with Gasteiger partial charge in [0.15, 0.2) is 6.29 Å². The summed E-state index contributed by atoms with van der Waals surface area (Å²) >= 11 is 0. The molecule has 2 nitrogen and oxygen atoms in total. The summed E-state index contributed by atoms with van der Waals surface area (Å²) in [5.74, 6) is 0.611. The standard InChI is InChI=1S/C11H18O2/c1-8-4-3-5-10-9(8)6-7-11(12-2)13-10/h9-11H,1,3-7H2,2H3/t9-,10-,11-/m0/s1. The summed E-state index contributed by atoms with van der Waals surface area (Å²) in [6, 6.07) is 0. The van der Waals surface area contributed by atoms with Gasteiger partial charge in [0, 0.05) is 13.0 Å². The predicted octanol–water partition coefficient (Wildman–Crippen LogP) is 2.49. The number of hydrogen-bond acceptors (Lipinski definition) is 2. The maximum Gasteiger partial charge on any atom is 0.157 e. The fraction of sp³-hybridized carbons (Fsp3) is 0.818. The molecule has 13 heavy (non-hydrogen) atoms. The van der Waals surface area contributed by atoms with Crippen molar-refractivity contribution in [3.8, 4) is 0 Å². The lowest BCUT2D eigenvalue weighted by Crippen LogP contribution is -2.38. The van der Waals surface area contributed by atoms with Crippen molar-refractivity contribution in [2.24, 2.45) is 5.92 Å². The van der Waals surface area contributed by atoms with Gasteiger partial charge in [-0.3, -0.25) is 0 Å². The summed E-state index contributed by atoms with van der Waals surface area (Å²) in [6.07, 6.45) is 6.26. The molecule has 0 radical (unpaired) electrons. The minimum absolute atomic E-state index is 0.0344. The molecule has 0 amide bonds. The number of fused-ring (bicyclic) bond motifs is 1. The predicted molar refractivity (Wildman–Crippen MR) is 51.4 cm³/mol. The molecule has 3 atom stereocenters. The molecule has 0 bridgehead atoms. The average molecular weight is 182 g/mol. The van der Waals surface area contributed by atoms with Crippen molar-refractivity contribution in [1.82, 2.24) is 0 Å². The summed E-state index contributed by atoms with van der Waals surface area (Å²) in [5.41, 5.74) is 1.39. The largest absolute Gasteiger partial charge is 0.356 e. The summed E-state index contributed by atoms with van der Waals surface area (Å²) in [7, 11) is 1.72. The molecule has 1 saturated heterocycles. The lowest BCUT2D eigenvalue weighted by molar-refractivity contribution is -0.197. The Balaban J connectivity index is 1.99. The van der Waals surface area contributed by atoms with E-state index in [-0.39, 0.29) is 6.29 Å². The zero-order valence-corrected chi connectivity index (χ0v) is 8.29. The van der Waals surface area contributed by atoms with E-state index in [0.29, 0.717) is 12.0 Å². The Labute approximate surface area is 79.9 Å². The van der Waals surface area contributed by atoms with Gasteiger partial charge in [-0.25, -0.2) is 0 Å². The lowest BCUT2D eigenvalue weighted by Gasteiger charge is -2.40. The SMILES string of the molecule is C=C1CCC[C@@H]2O[C@H](OC)CC[C@@H]12. The first kappa shape index (κ1) is 9.22. The van der Waals surface area contributed by atoms with Gasteiger partial charge in [0.1, 0.15) is 0 Å². The number of methoxy groups -OCH3 is 1. The maximum atomic E-state index is 5.83. The van der Waals surface area contributed by atoms with Crippen LogP contribution in [0, 0.1) is 5.92 Å². The van der Waals surface area contributed by atoms with Gasteiger partial charge in [0.25, 0.3) is 0 Å². The van der Waals surface area contributed by atoms with Gasteiger partial charge in [-0.15, -0.1) is 0 Å². The van der Waals surface area contributed by atoms with E-state index < -0.39 is 0 Å². The fourth-order valence-corrected chi connectivity index (χ4v) is 2.48. The van der Waals surface area contributed by atoms with Crippen LogP contribution in [-0.4, -0.2) is 19.5 Å². The average Bonchev–Trinajstić information content (AvgIpc) is 2.18. The second-order valence-corrected chi connectivity index (χ2v) is 4.07. The first-order chi connectivity index (χ1) is 6.31. The summed E-state index contributed by atoms with van der Waals surface area (Å²) in [4.78, 5) is 0. The third-order valence-corrected chi connectivity index (χ3v) is 3.26. The molecule has 1 aliphatic carbocycles. The quantitative estimate of drug-likeness (QED) is 0.580. The van der Waals surface area contributed by atoms with Gasteiger partial charge in [-0.2, -0.15) is 0 Å². The van der Waals surface area contributed by atoms with Crippen molar-refractivity contribution in [2.45, 2.75) is 44.5 Å². The number of rotatable bonds is 1. The van der Waals surface area contributed by atoms with Gasteiger partial charge >= 0.3 is 0 Å². The molecule has 1 aliphatic heterocycles. The van der Waals surface area contributed by atoms with Gasteiger partial charge in [0.2, 0.25) is 0 Å². The highest BCUT2D eigenvalue weighted by Crippen LogP contribution is 2.38. The molecule has 0 aromatic carbocycles. The highest BCUT2D eigenvalue weighted by molar-refractivity contribution is 5.08. The van der Waals surface area contributed by atoms with Crippen LogP contribution in [-0.2, 0) is 9.47 Å². The van der Waals surface area contributed by atoms with Gasteiger partial charge in [0.05, 0.1) is 6.10 Å². The normalized spacial score (nSPS) is 40.1. The Bertz CT molecular complexity index is 200. The fourth-order valence-electron chi connectivity index (χ4n) is 2.48. The zero-order valence-electron chi connectivity index (χ0n) is 8.29. The molecule has 1 heterocycles. The first-order valence-corrected chi connectivity index (χ1v) is 5.17. The number of hydrogen-bond donors (Lipinski definition) is 0. The molecule has 2 heteroatoms. The molecule has 2 fully saturated rings. The Kier molecular flexibility index (Phi) is 2.70. The summed E-state index contributed by atoms with van der Waals surface area (Å²) in [6.45, 7) is 4.13. The Morgan fingerprint density at radius 2 is 2.23 bits per heavy atom. The monoisotopic (exact) mass is 182 g/mol. The van der Waals surface area contributed by atoms with E-state index >= 15 is 0 Å². The van der Waals surface area contributed by atoms with Gasteiger partial charge in [-0.1, -0.05) is 12.2 Å². The third kappa shape index (κ3) is 1.79. The molecule has 74 valence electrons. The van der Waals surface area contributed by atoms with Gasteiger partial charge in [-0.05, 0) is 32.1 Å². The molecule has 2 rings (SSSR count). The minimum atomic E-state index is 0.0344. The van der Waals surface area contributed by atoms with Crippen LogP contribution < -0.4 is 0 Å². The molecule has 1 saturated carbocycles. The topological polar surface area (TPSA) is 18.5 Å². The number of ether oxygens (including phenoxy) is 2. The van der Waals surface area contributed by atoms with Crippen LogP contribution in [0.1, 0.15) is 32.1 Å². The molecule has 0 aromatic heterocycles. The molecular weight excluding hydrogens is 164 g/mol. The van der Waals surface area contributed by atoms with E-state index in [1.54, 1.807) is 7.11 Å². The van der Waals surface area contributed by atoms with E-state index in [2.05, 4.69) is 6.58 Å². The van der Waals surface area contributed by atoms with E-state index in [0.717, 1.165) is 6.42 Å². The van der Waals surface area contributed by atoms with Crippen molar-refractivity contribution in [3.05, 3.63) is 12.2 Å². The summed E-state index contributed by atoms with van der Waals surface area (Å²) < 4.78 is 11.1. The second-order valence-electron chi connectivity index (χ2n) is 4.07. The van der Waals surface area contributed by atoms with Crippen LogP contribution in [0.2, 0.25) is 0 Å². The van der Waals surface area contributed by atoms with Crippen LogP contribution in [0.5, 0.6) is 0 Å². The first-order valence-electron chi connectivity index (χ1n) is 5.17.